The quantitative estimate of drug-likeness (QED) is 0.512. The van der Waals surface area contributed by atoms with Crippen molar-refractivity contribution >= 4 is 5.97 Å². The molecule has 0 radical (unpaired) electrons. The maximum absolute atomic E-state index is 10.2. The third-order valence-electron chi connectivity index (χ3n) is 1.53. The fourth-order valence-electron chi connectivity index (χ4n) is 0.858. The molecule has 0 bridgehead atoms. The van der Waals surface area contributed by atoms with Crippen LogP contribution in [-0.4, -0.2) is 16.1 Å². The molecule has 0 saturated carbocycles. The van der Waals surface area contributed by atoms with Gasteiger partial charge >= 0.3 is 35.5 Å². The van der Waals surface area contributed by atoms with E-state index >= 15 is 0 Å². The molecule has 1 aromatic carbocycles. The van der Waals surface area contributed by atoms with Gasteiger partial charge < -0.3 is 10.1 Å². The van der Waals surface area contributed by atoms with Gasteiger partial charge in [-0.2, -0.15) is 18.2 Å². The Bertz CT molecular complexity index is 366. The third-order valence-corrected chi connectivity index (χ3v) is 1.53. The number of aromatic carboxylic acids is 1. The maximum Gasteiger partial charge on any atom is 1.00 e. The van der Waals surface area contributed by atoms with Crippen molar-refractivity contribution < 1.29 is 39.5 Å². The number of nitrogens with zero attached hydrogens (tertiary/aromatic N) is 1. The number of hydrogen-bond acceptors (Lipinski definition) is 2. The van der Waals surface area contributed by atoms with Gasteiger partial charge in [0.15, 0.2) is 0 Å². The summed E-state index contributed by atoms with van der Waals surface area (Å²) in [5.74, 6) is -0.879. The van der Waals surface area contributed by atoms with Crippen LogP contribution in [0.1, 0.15) is 10.4 Å². The van der Waals surface area contributed by atoms with Gasteiger partial charge in [0, 0.05) is 0 Å². The zero-order valence-corrected chi connectivity index (χ0v) is 11.0. The average Bonchev–Trinajstić information content (AvgIpc) is 2.33. The summed E-state index contributed by atoms with van der Waals surface area (Å²) in [5.41, 5.74) is 0.331. The van der Waals surface area contributed by atoms with E-state index in [1.807, 2.05) is 0 Å². The second-order valence-electron chi connectivity index (χ2n) is 2.62. The van der Waals surface area contributed by atoms with Crippen molar-refractivity contribution in [2.75, 3.05) is 0 Å². The summed E-state index contributed by atoms with van der Waals surface area (Å²) in [6, 6.07) is 14.7. The fraction of sp³-hybridized carbons (Fsp3) is 0. The molecule has 1 N–H and O–H groups in total. The summed E-state index contributed by atoms with van der Waals surface area (Å²) in [7, 11) is 0. The Morgan fingerprint density at radius 1 is 1.12 bits per heavy atom. The molecule has 0 aliphatic heterocycles. The van der Waals surface area contributed by atoms with Gasteiger partial charge in [0.05, 0.1) is 5.56 Å². The minimum atomic E-state index is -0.879. The average molecular weight is 223 g/mol. The first-order chi connectivity index (χ1) is 7.30. The topological polar surface area (TPSA) is 50.2 Å². The van der Waals surface area contributed by atoms with Crippen molar-refractivity contribution in [1.29, 1.82) is 0 Å². The van der Waals surface area contributed by atoms with E-state index in [-0.39, 0.29) is 29.6 Å². The molecule has 4 heteroatoms. The van der Waals surface area contributed by atoms with E-state index in [4.69, 9.17) is 5.11 Å². The van der Waals surface area contributed by atoms with Crippen LogP contribution in [0.3, 0.4) is 0 Å². The summed E-state index contributed by atoms with van der Waals surface area (Å²) in [4.78, 5) is 14.0. The first kappa shape index (κ1) is 14.8. The molecule has 0 aliphatic carbocycles. The smallest absolute Gasteiger partial charge is 0.478 e. The monoisotopic (exact) mass is 223 g/mol. The van der Waals surface area contributed by atoms with Gasteiger partial charge in [-0.05, 0) is 12.1 Å². The molecule has 1 aromatic heterocycles. The van der Waals surface area contributed by atoms with E-state index in [2.05, 4.69) is 11.1 Å². The number of aromatic nitrogens is 1. The molecule has 0 saturated heterocycles. The molecule has 2 rings (SSSR count). The van der Waals surface area contributed by atoms with Crippen LogP contribution in [0.4, 0.5) is 0 Å². The largest absolute Gasteiger partial charge is 1.00 e. The Hall–Kier alpha value is -1.16. The molecule has 16 heavy (non-hydrogen) atoms. The van der Waals surface area contributed by atoms with Crippen LogP contribution < -0.4 is 29.6 Å². The van der Waals surface area contributed by atoms with E-state index in [0.717, 1.165) is 0 Å². The maximum atomic E-state index is 10.2. The van der Waals surface area contributed by atoms with Crippen LogP contribution in [0, 0.1) is 6.07 Å². The Morgan fingerprint density at radius 3 is 1.94 bits per heavy atom. The SMILES string of the molecule is O=C(O)c1ccccc1.[Na+].[c-]1ccncc1. The van der Waals surface area contributed by atoms with Gasteiger partial charge in [0.2, 0.25) is 0 Å². The minimum Gasteiger partial charge on any atom is -0.478 e. The number of pyridine rings is 1. The number of carboxylic acids is 1. The summed E-state index contributed by atoms with van der Waals surface area (Å²) >= 11 is 0. The van der Waals surface area contributed by atoms with E-state index in [9.17, 15) is 4.79 Å². The van der Waals surface area contributed by atoms with Crippen LogP contribution in [0.5, 0.6) is 0 Å². The molecule has 1 heterocycles. The predicted molar refractivity (Wildman–Crippen MR) is 56.5 cm³/mol. The fourth-order valence-corrected chi connectivity index (χ4v) is 0.858. The van der Waals surface area contributed by atoms with Crippen molar-refractivity contribution in [3.8, 4) is 0 Å². The molecule has 0 spiro atoms. The van der Waals surface area contributed by atoms with Gasteiger partial charge in [-0.3, -0.25) is 0 Å². The number of carboxylic acid groups (broad SMARTS) is 1. The Kier molecular flexibility index (Phi) is 8.43. The van der Waals surface area contributed by atoms with E-state index in [1.54, 1.807) is 54.9 Å². The van der Waals surface area contributed by atoms with Crippen molar-refractivity contribution in [3.05, 3.63) is 66.5 Å². The summed E-state index contributed by atoms with van der Waals surface area (Å²) < 4.78 is 0. The zero-order chi connectivity index (χ0) is 10.9. The standard InChI is InChI=1S/C7H6O2.C5H4N.Na/c8-7(9)6-4-2-1-3-5-6;1-2-4-6-5-3-1;/h1-5H,(H,8,9);2-5H;/q;-1;+1. The first-order valence-electron chi connectivity index (χ1n) is 4.35. The van der Waals surface area contributed by atoms with Crippen LogP contribution in [0.2, 0.25) is 0 Å². The summed E-state index contributed by atoms with van der Waals surface area (Å²) in [5, 5.41) is 8.38. The first-order valence-corrected chi connectivity index (χ1v) is 4.35. The molecule has 0 aliphatic rings. The summed E-state index contributed by atoms with van der Waals surface area (Å²) in [6.07, 6.45) is 3.39. The Balaban J connectivity index is 0.000000283. The van der Waals surface area contributed by atoms with Crippen molar-refractivity contribution in [3.63, 3.8) is 0 Å². The van der Waals surface area contributed by atoms with E-state index < -0.39 is 5.97 Å². The normalized spacial score (nSPS) is 8.00. The zero-order valence-electron chi connectivity index (χ0n) is 9.00. The van der Waals surface area contributed by atoms with E-state index in [0.29, 0.717) is 5.56 Å². The van der Waals surface area contributed by atoms with Crippen molar-refractivity contribution in [1.82, 2.24) is 4.98 Å². The van der Waals surface area contributed by atoms with Crippen molar-refractivity contribution in [2.24, 2.45) is 0 Å². The number of carbonyl (C=O) groups is 1. The molecule has 0 amide bonds. The third kappa shape index (κ3) is 6.35. The number of benzene rings is 1. The van der Waals surface area contributed by atoms with Crippen LogP contribution in [0.25, 0.3) is 0 Å². The van der Waals surface area contributed by atoms with E-state index in [1.165, 1.54) is 0 Å². The number of hydrogen-bond donors (Lipinski definition) is 1. The Morgan fingerprint density at radius 2 is 1.69 bits per heavy atom. The molecule has 0 unspecified atom stereocenters. The van der Waals surface area contributed by atoms with Crippen molar-refractivity contribution in [2.45, 2.75) is 0 Å². The predicted octanol–water partition coefficient (Wildman–Crippen LogP) is -0.729. The molecular formula is C12H10NNaO2. The van der Waals surface area contributed by atoms with Crippen LogP contribution in [0.15, 0.2) is 54.9 Å². The van der Waals surface area contributed by atoms with Gasteiger partial charge in [-0.15, -0.1) is 0 Å². The van der Waals surface area contributed by atoms with Gasteiger partial charge in [0.1, 0.15) is 0 Å². The van der Waals surface area contributed by atoms with Gasteiger partial charge in [-0.1, -0.05) is 30.6 Å². The Labute approximate surface area is 116 Å². The molecule has 76 valence electrons. The van der Waals surface area contributed by atoms with Crippen LogP contribution in [-0.2, 0) is 0 Å². The molecular weight excluding hydrogens is 213 g/mol. The molecule has 3 nitrogen and oxygen atoms in total. The second kappa shape index (κ2) is 9.09. The summed E-state index contributed by atoms with van der Waals surface area (Å²) in [6.45, 7) is 0. The molecule has 2 aromatic rings. The van der Waals surface area contributed by atoms with Crippen LogP contribution >= 0.6 is 0 Å². The molecule has 0 fully saturated rings. The molecule has 0 atom stereocenters. The second-order valence-corrected chi connectivity index (χ2v) is 2.62. The van der Waals surface area contributed by atoms with Gasteiger partial charge in [0.25, 0.3) is 0 Å². The minimum absolute atomic E-state index is 0. The number of rotatable bonds is 1. The van der Waals surface area contributed by atoms with Gasteiger partial charge in [-0.25, -0.2) is 4.79 Å².